The Hall–Kier alpha value is -0.650. The Kier molecular flexibility index (Phi) is 24.8. The minimum absolute atomic E-state index is 0.125. The van der Waals surface area contributed by atoms with Crippen molar-refractivity contribution >= 4 is 5.97 Å². The molecule has 0 aliphatic carbocycles. The van der Waals surface area contributed by atoms with Crippen molar-refractivity contribution < 1.29 is 25.2 Å². The number of rotatable bonds is 17. The molecule has 5 heteroatoms. The molecule has 0 heterocycles. The van der Waals surface area contributed by atoms with E-state index in [0.717, 1.165) is 12.8 Å². The lowest BCUT2D eigenvalue weighted by Crippen LogP contribution is -2.07. The van der Waals surface area contributed by atoms with E-state index in [-0.39, 0.29) is 25.7 Å². The number of aliphatic hydroxyl groups is 3. The van der Waals surface area contributed by atoms with Gasteiger partial charge in [0, 0.05) is 6.42 Å². The van der Waals surface area contributed by atoms with Crippen LogP contribution in [0.4, 0.5) is 0 Å². The Balaban J connectivity index is 0. The van der Waals surface area contributed by atoms with Crippen LogP contribution in [0.25, 0.3) is 0 Å². The maximum Gasteiger partial charge on any atom is 0.303 e. The zero-order valence-corrected chi connectivity index (χ0v) is 16.3. The van der Waals surface area contributed by atoms with Crippen LogP contribution in [0.3, 0.4) is 0 Å². The highest BCUT2D eigenvalue weighted by Gasteiger charge is 2.05. The number of unbranched alkanes of at least 4 members (excludes halogenated alkanes) is 10. The molecule has 5 nitrogen and oxygen atoms in total. The van der Waals surface area contributed by atoms with E-state index < -0.39 is 5.97 Å². The van der Waals surface area contributed by atoms with Gasteiger partial charge in [-0.25, -0.2) is 0 Å². The summed E-state index contributed by atoms with van der Waals surface area (Å²) in [5.41, 5.74) is 0. The summed E-state index contributed by atoms with van der Waals surface area (Å²) in [6, 6.07) is 0. The Morgan fingerprint density at radius 3 is 1.52 bits per heavy atom. The number of aliphatic carboxylic acids is 1. The van der Waals surface area contributed by atoms with Gasteiger partial charge in [0.2, 0.25) is 0 Å². The van der Waals surface area contributed by atoms with Gasteiger partial charge in [-0.3, -0.25) is 4.79 Å². The molecule has 0 radical (unpaired) electrons. The number of carboxylic acids is 1. The molecule has 0 aromatic heterocycles. The lowest BCUT2D eigenvalue weighted by molar-refractivity contribution is -0.137. The smallest absolute Gasteiger partial charge is 0.303 e. The first kappa shape index (κ1) is 26.6. The number of hydrogen-bond acceptors (Lipinski definition) is 4. The summed E-state index contributed by atoms with van der Waals surface area (Å²) in [5, 5.41) is 33.5. The number of carbonyl (C=O) groups is 1. The fourth-order valence-electron chi connectivity index (χ4n) is 2.68. The van der Waals surface area contributed by atoms with Crippen molar-refractivity contribution in [2.45, 2.75) is 109 Å². The molecule has 25 heavy (non-hydrogen) atoms. The summed E-state index contributed by atoms with van der Waals surface area (Å²) in [6.07, 6.45) is 16.4. The van der Waals surface area contributed by atoms with Crippen molar-refractivity contribution in [1.29, 1.82) is 0 Å². The minimum atomic E-state index is -0.767. The summed E-state index contributed by atoms with van der Waals surface area (Å²) < 4.78 is 0. The second-order valence-electron chi connectivity index (χ2n) is 6.71. The van der Waals surface area contributed by atoms with Crippen molar-refractivity contribution in [3.63, 3.8) is 0 Å². The van der Waals surface area contributed by atoms with Crippen molar-refractivity contribution in [2.24, 2.45) is 0 Å². The van der Waals surface area contributed by atoms with E-state index in [0.29, 0.717) is 12.8 Å². The highest BCUT2D eigenvalue weighted by atomic mass is 16.4. The third-order valence-corrected chi connectivity index (χ3v) is 4.17. The lowest BCUT2D eigenvalue weighted by Gasteiger charge is -2.09. The molecule has 0 bridgehead atoms. The molecule has 1 atom stereocenters. The van der Waals surface area contributed by atoms with Crippen LogP contribution in [0.1, 0.15) is 103 Å². The second kappa shape index (κ2) is 23.4. The maximum atomic E-state index is 10.4. The van der Waals surface area contributed by atoms with E-state index in [9.17, 15) is 9.90 Å². The molecule has 0 aromatic rings. The predicted octanol–water partition coefficient (Wildman–Crippen LogP) is 4.27. The number of hydrogen-bond donors (Lipinski definition) is 4. The molecular weight excluding hydrogens is 320 g/mol. The molecule has 0 spiro atoms. The van der Waals surface area contributed by atoms with Gasteiger partial charge in [0.05, 0.1) is 19.3 Å². The van der Waals surface area contributed by atoms with Gasteiger partial charge < -0.3 is 20.4 Å². The quantitative estimate of drug-likeness (QED) is 0.290. The first-order chi connectivity index (χ1) is 12.1. The van der Waals surface area contributed by atoms with Crippen LogP contribution in [0.15, 0.2) is 0 Å². The largest absolute Gasteiger partial charge is 0.481 e. The molecule has 152 valence electrons. The third kappa shape index (κ3) is 28.4. The van der Waals surface area contributed by atoms with E-state index >= 15 is 0 Å². The van der Waals surface area contributed by atoms with E-state index in [1.54, 1.807) is 0 Å². The fraction of sp³-hybridized carbons (Fsp3) is 0.950. The molecule has 0 amide bonds. The Bertz CT molecular complexity index is 256. The monoisotopic (exact) mass is 362 g/mol. The van der Waals surface area contributed by atoms with E-state index in [4.69, 9.17) is 15.3 Å². The normalized spacial score (nSPS) is 11.7. The van der Waals surface area contributed by atoms with Crippen molar-refractivity contribution in [3.8, 4) is 0 Å². The van der Waals surface area contributed by atoms with E-state index in [2.05, 4.69) is 6.92 Å². The fourth-order valence-corrected chi connectivity index (χ4v) is 2.68. The molecule has 0 saturated heterocycles. The van der Waals surface area contributed by atoms with Crippen LogP contribution in [0.2, 0.25) is 0 Å². The third-order valence-electron chi connectivity index (χ3n) is 4.17. The molecule has 0 rings (SSSR count). The van der Waals surface area contributed by atoms with Crippen LogP contribution < -0.4 is 0 Å². The van der Waals surface area contributed by atoms with Gasteiger partial charge in [-0.05, 0) is 19.3 Å². The molecule has 0 aliphatic heterocycles. The average Bonchev–Trinajstić information content (AvgIpc) is 2.59. The summed E-state index contributed by atoms with van der Waals surface area (Å²) in [5.74, 6) is -0.767. The molecular formula is C20H42O5. The molecule has 0 aliphatic rings. The zero-order chi connectivity index (χ0) is 19.2. The van der Waals surface area contributed by atoms with Crippen molar-refractivity contribution in [1.82, 2.24) is 0 Å². The van der Waals surface area contributed by atoms with Crippen LogP contribution in [-0.4, -0.2) is 45.7 Å². The van der Waals surface area contributed by atoms with Crippen LogP contribution in [-0.2, 0) is 4.79 Å². The highest BCUT2D eigenvalue weighted by molar-refractivity contribution is 5.66. The first-order valence-electron chi connectivity index (χ1n) is 10.2. The van der Waals surface area contributed by atoms with Crippen LogP contribution in [0, 0.1) is 0 Å². The van der Waals surface area contributed by atoms with Gasteiger partial charge in [-0.1, -0.05) is 77.6 Å². The maximum absolute atomic E-state index is 10.4. The highest BCUT2D eigenvalue weighted by Crippen LogP contribution is 2.14. The van der Waals surface area contributed by atoms with Crippen LogP contribution >= 0.6 is 0 Å². The molecule has 0 fully saturated rings. The van der Waals surface area contributed by atoms with Gasteiger partial charge in [0.15, 0.2) is 0 Å². The van der Waals surface area contributed by atoms with Crippen molar-refractivity contribution in [2.75, 3.05) is 13.2 Å². The standard InChI is InChI=1S/C18H36O3.C2H6O2/c1-2-3-4-5-6-7-8-9-10-11-12-14-17(19)15-13-16-18(20)21;3-1-2-4/h17,19H,2-16H2,1H3,(H,20,21);3-4H,1-2H2. The van der Waals surface area contributed by atoms with E-state index in [1.807, 2.05) is 0 Å². The minimum Gasteiger partial charge on any atom is -0.481 e. The topological polar surface area (TPSA) is 98.0 Å². The van der Waals surface area contributed by atoms with Crippen LogP contribution in [0.5, 0.6) is 0 Å². The molecule has 4 N–H and O–H groups in total. The van der Waals surface area contributed by atoms with Crippen molar-refractivity contribution in [3.05, 3.63) is 0 Å². The number of aliphatic hydroxyl groups excluding tert-OH is 3. The van der Waals surface area contributed by atoms with Gasteiger partial charge >= 0.3 is 5.97 Å². The van der Waals surface area contributed by atoms with E-state index in [1.165, 1.54) is 64.2 Å². The summed E-state index contributed by atoms with van der Waals surface area (Å²) in [7, 11) is 0. The Morgan fingerprint density at radius 1 is 0.720 bits per heavy atom. The van der Waals surface area contributed by atoms with Gasteiger partial charge in [0.25, 0.3) is 0 Å². The summed E-state index contributed by atoms with van der Waals surface area (Å²) >= 11 is 0. The first-order valence-corrected chi connectivity index (χ1v) is 10.2. The Morgan fingerprint density at radius 2 is 1.12 bits per heavy atom. The van der Waals surface area contributed by atoms with Gasteiger partial charge in [-0.2, -0.15) is 0 Å². The lowest BCUT2D eigenvalue weighted by atomic mass is 10.0. The van der Waals surface area contributed by atoms with Gasteiger partial charge in [-0.15, -0.1) is 0 Å². The second-order valence-corrected chi connectivity index (χ2v) is 6.71. The zero-order valence-electron chi connectivity index (χ0n) is 16.3. The molecule has 0 saturated carbocycles. The number of carboxylic acid groups (broad SMARTS) is 1. The SMILES string of the molecule is CCCCCCCCCCCCCC(O)CCCC(=O)O.OCCO. The average molecular weight is 363 g/mol. The summed E-state index contributed by atoms with van der Waals surface area (Å²) in [4.78, 5) is 10.4. The Labute approximate surface area is 154 Å². The van der Waals surface area contributed by atoms with Gasteiger partial charge in [0.1, 0.15) is 0 Å². The summed E-state index contributed by atoms with van der Waals surface area (Å²) in [6.45, 7) is 2.00. The predicted molar refractivity (Wildman–Crippen MR) is 103 cm³/mol. The molecule has 0 aromatic carbocycles. The molecule has 1 unspecified atom stereocenters.